The minimum atomic E-state index is 0.646. The Hall–Kier alpha value is -1.91. The van der Waals surface area contributed by atoms with Crippen LogP contribution in [0.3, 0.4) is 0 Å². The zero-order chi connectivity index (χ0) is 10.1. The van der Waals surface area contributed by atoms with E-state index < -0.39 is 0 Å². The zero-order valence-electron chi connectivity index (χ0n) is 8.10. The first-order chi connectivity index (χ1) is 6.68. The fourth-order valence-corrected chi connectivity index (χ4v) is 1.17. The van der Waals surface area contributed by atoms with Crippen molar-refractivity contribution in [3.8, 4) is 11.5 Å². The Bertz CT molecular complexity index is 443. The number of nitrogens with two attached hydrogens (primary N) is 1. The van der Waals surface area contributed by atoms with Crippen LogP contribution in [0.15, 0.2) is 18.3 Å². The highest BCUT2D eigenvalue weighted by molar-refractivity contribution is 5.52. The van der Waals surface area contributed by atoms with Crippen LogP contribution in [0.2, 0.25) is 0 Å². The predicted molar refractivity (Wildman–Crippen MR) is 53.4 cm³/mol. The molecule has 0 unspecified atom stereocenters. The number of anilines is 1. The molecule has 0 atom stereocenters. The molecule has 72 valence electrons. The van der Waals surface area contributed by atoms with Crippen LogP contribution in [0.1, 0.15) is 5.82 Å². The maximum absolute atomic E-state index is 5.54. The van der Waals surface area contributed by atoms with E-state index in [1.165, 1.54) is 0 Å². The zero-order valence-corrected chi connectivity index (χ0v) is 8.10. The Morgan fingerprint density at radius 1 is 1.29 bits per heavy atom. The van der Waals surface area contributed by atoms with E-state index in [1.807, 2.05) is 24.6 Å². The smallest absolute Gasteiger partial charge is 0.182 e. The summed E-state index contributed by atoms with van der Waals surface area (Å²) in [5, 5.41) is 7.98. The van der Waals surface area contributed by atoms with Gasteiger partial charge in [0.15, 0.2) is 5.82 Å². The molecule has 2 N–H and O–H groups in total. The number of hydrogen-bond acceptors (Lipinski definition) is 4. The number of aryl methyl sites for hydroxylation is 1. The monoisotopic (exact) mass is 189 g/mol. The molecule has 2 aromatic rings. The van der Waals surface area contributed by atoms with Gasteiger partial charge in [-0.15, -0.1) is 10.2 Å². The quantitative estimate of drug-likeness (QED) is 0.719. The maximum atomic E-state index is 5.54. The van der Waals surface area contributed by atoms with E-state index in [2.05, 4.69) is 15.2 Å². The number of hydrogen-bond donors (Lipinski definition) is 1. The van der Waals surface area contributed by atoms with Crippen molar-refractivity contribution >= 4 is 5.69 Å². The van der Waals surface area contributed by atoms with Crippen LogP contribution < -0.4 is 5.73 Å². The summed E-state index contributed by atoms with van der Waals surface area (Å²) in [7, 11) is 1.91. The standard InChI is InChI=1S/C9H11N5/c1-6-12-13-9(14(6)2)8-4-3-7(10)5-11-8/h3-5H,10H2,1-2H3. The van der Waals surface area contributed by atoms with Gasteiger partial charge in [0, 0.05) is 7.05 Å². The first kappa shape index (κ1) is 8.68. The van der Waals surface area contributed by atoms with Gasteiger partial charge in [-0.05, 0) is 19.1 Å². The van der Waals surface area contributed by atoms with Crippen molar-refractivity contribution in [2.45, 2.75) is 6.92 Å². The molecule has 5 nitrogen and oxygen atoms in total. The predicted octanol–water partition coefficient (Wildman–Crippen LogP) is 0.768. The third-order valence-corrected chi connectivity index (χ3v) is 2.11. The summed E-state index contributed by atoms with van der Waals surface area (Å²) in [6.07, 6.45) is 1.61. The summed E-state index contributed by atoms with van der Waals surface area (Å²) < 4.78 is 1.89. The highest BCUT2D eigenvalue weighted by Crippen LogP contribution is 2.14. The molecule has 0 saturated carbocycles. The molecule has 0 aliphatic heterocycles. The SMILES string of the molecule is Cc1nnc(-c2ccc(N)cn2)n1C. The van der Waals surface area contributed by atoms with E-state index >= 15 is 0 Å². The lowest BCUT2D eigenvalue weighted by atomic mass is 10.3. The lowest BCUT2D eigenvalue weighted by molar-refractivity contribution is 0.862. The summed E-state index contributed by atoms with van der Waals surface area (Å²) >= 11 is 0. The molecular weight excluding hydrogens is 178 g/mol. The Kier molecular flexibility index (Phi) is 1.92. The van der Waals surface area contributed by atoms with Crippen LogP contribution in [0, 0.1) is 6.92 Å². The first-order valence-corrected chi connectivity index (χ1v) is 4.26. The summed E-state index contributed by atoms with van der Waals surface area (Å²) in [4.78, 5) is 4.17. The van der Waals surface area contributed by atoms with Gasteiger partial charge >= 0.3 is 0 Å². The van der Waals surface area contributed by atoms with Crippen molar-refractivity contribution in [1.29, 1.82) is 0 Å². The maximum Gasteiger partial charge on any atom is 0.182 e. The number of aromatic nitrogens is 4. The van der Waals surface area contributed by atoms with Crippen LogP contribution in [0.25, 0.3) is 11.5 Å². The summed E-state index contributed by atoms with van der Waals surface area (Å²) in [6.45, 7) is 1.90. The van der Waals surface area contributed by atoms with Crippen molar-refractivity contribution in [1.82, 2.24) is 19.7 Å². The molecule has 5 heteroatoms. The fourth-order valence-electron chi connectivity index (χ4n) is 1.17. The molecule has 2 rings (SSSR count). The van der Waals surface area contributed by atoms with E-state index in [0.717, 1.165) is 17.3 Å². The molecule has 0 bridgehead atoms. The number of nitrogen functional groups attached to an aromatic ring is 1. The molecule has 0 saturated heterocycles. The van der Waals surface area contributed by atoms with E-state index in [1.54, 1.807) is 12.3 Å². The summed E-state index contributed by atoms with van der Waals surface area (Å²) in [5.41, 5.74) is 6.97. The van der Waals surface area contributed by atoms with Gasteiger partial charge in [-0.2, -0.15) is 0 Å². The van der Waals surface area contributed by atoms with Gasteiger partial charge in [0.2, 0.25) is 0 Å². The van der Waals surface area contributed by atoms with Crippen LogP contribution in [-0.2, 0) is 7.05 Å². The van der Waals surface area contributed by atoms with Crippen molar-refractivity contribution in [2.24, 2.45) is 7.05 Å². The van der Waals surface area contributed by atoms with Crippen molar-refractivity contribution in [3.63, 3.8) is 0 Å². The Morgan fingerprint density at radius 3 is 2.57 bits per heavy atom. The molecule has 0 fully saturated rings. The minimum absolute atomic E-state index is 0.646. The van der Waals surface area contributed by atoms with E-state index in [-0.39, 0.29) is 0 Å². The van der Waals surface area contributed by atoms with Crippen LogP contribution in [0.5, 0.6) is 0 Å². The molecule has 14 heavy (non-hydrogen) atoms. The molecule has 0 radical (unpaired) electrons. The van der Waals surface area contributed by atoms with Crippen molar-refractivity contribution in [3.05, 3.63) is 24.2 Å². The number of rotatable bonds is 1. The van der Waals surface area contributed by atoms with Crippen molar-refractivity contribution in [2.75, 3.05) is 5.73 Å². The Balaban J connectivity index is 2.49. The highest BCUT2D eigenvalue weighted by Gasteiger charge is 2.07. The Morgan fingerprint density at radius 2 is 2.07 bits per heavy atom. The normalized spacial score (nSPS) is 10.4. The van der Waals surface area contributed by atoms with Gasteiger partial charge in [-0.1, -0.05) is 0 Å². The van der Waals surface area contributed by atoms with Gasteiger partial charge in [-0.3, -0.25) is 4.98 Å². The van der Waals surface area contributed by atoms with E-state index in [4.69, 9.17) is 5.73 Å². The Labute approximate surface area is 81.6 Å². The molecule has 0 aliphatic rings. The van der Waals surface area contributed by atoms with Crippen LogP contribution >= 0.6 is 0 Å². The summed E-state index contributed by atoms with van der Waals surface area (Å²) in [5.74, 6) is 1.61. The van der Waals surface area contributed by atoms with Crippen LogP contribution in [0.4, 0.5) is 5.69 Å². The summed E-state index contributed by atoms with van der Waals surface area (Å²) in [6, 6.07) is 3.63. The molecule has 0 aliphatic carbocycles. The molecule has 0 amide bonds. The van der Waals surface area contributed by atoms with Crippen molar-refractivity contribution < 1.29 is 0 Å². The highest BCUT2D eigenvalue weighted by atomic mass is 15.3. The van der Waals surface area contributed by atoms with E-state index in [0.29, 0.717) is 5.69 Å². The lowest BCUT2D eigenvalue weighted by Gasteiger charge is -2.00. The number of nitrogens with zero attached hydrogens (tertiary/aromatic N) is 4. The van der Waals surface area contributed by atoms with Gasteiger partial charge in [0.05, 0.1) is 11.9 Å². The average molecular weight is 189 g/mol. The lowest BCUT2D eigenvalue weighted by Crippen LogP contribution is -1.97. The minimum Gasteiger partial charge on any atom is -0.397 e. The van der Waals surface area contributed by atoms with Gasteiger partial charge in [-0.25, -0.2) is 0 Å². The largest absolute Gasteiger partial charge is 0.397 e. The second-order valence-corrected chi connectivity index (χ2v) is 3.11. The van der Waals surface area contributed by atoms with Crippen LogP contribution in [-0.4, -0.2) is 19.7 Å². The van der Waals surface area contributed by atoms with Gasteiger partial charge < -0.3 is 10.3 Å². The molecular formula is C9H11N5. The molecule has 0 aromatic carbocycles. The molecule has 2 heterocycles. The average Bonchev–Trinajstić information content (AvgIpc) is 2.50. The second kappa shape index (κ2) is 3.10. The first-order valence-electron chi connectivity index (χ1n) is 4.26. The third kappa shape index (κ3) is 1.32. The topological polar surface area (TPSA) is 69.6 Å². The van der Waals surface area contributed by atoms with Gasteiger partial charge in [0.1, 0.15) is 11.5 Å². The van der Waals surface area contributed by atoms with Gasteiger partial charge in [0.25, 0.3) is 0 Å². The second-order valence-electron chi connectivity index (χ2n) is 3.11. The molecule has 2 aromatic heterocycles. The number of pyridine rings is 1. The fraction of sp³-hybridized carbons (Fsp3) is 0.222. The molecule has 0 spiro atoms. The van der Waals surface area contributed by atoms with E-state index in [9.17, 15) is 0 Å². The third-order valence-electron chi connectivity index (χ3n) is 2.11.